The van der Waals surface area contributed by atoms with Gasteiger partial charge in [-0.05, 0) is 89.9 Å². The number of quaternary nitrogens is 1. The molecule has 346 valence electrons. The van der Waals surface area contributed by atoms with Crippen molar-refractivity contribution in [3.63, 3.8) is 0 Å². The standard InChI is InChI=1S/C50H82NO9P/c1-6-8-10-11-12-13-14-15-16-17-18-19-20-21-25-28-31-34-37-41-49(53)57-45-48(46-59-61(55,56)58-44-43-51(3,4)5)60-50(54)42-38-35-32-29-26-23-22-24-27-30-33-36-40-47(52)39-9-7-2/h8,10,12-13,15-16,18-19,21-23,25,27,29-30,32,36,40,47-48,52H,6-7,9,11,14,17,20,24,26,28,31,33-35,37-39,41-46H2,1-5H3/p+1/b10-8-,13-12-,16-15-,19-18-,23-22-,25-21-,30-27-,32-29-,40-36-/t47-,48-/m1/s1. The predicted molar refractivity (Wildman–Crippen MR) is 253 cm³/mol. The molecule has 0 saturated carbocycles. The van der Waals surface area contributed by atoms with Crippen LogP contribution in [0.4, 0.5) is 0 Å². The number of rotatable bonds is 39. The Hall–Kier alpha value is -3.37. The Labute approximate surface area is 370 Å². The van der Waals surface area contributed by atoms with Gasteiger partial charge in [0.05, 0.1) is 33.9 Å². The lowest BCUT2D eigenvalue weighted by Gasteiger charge is -2.24. The maximum Gasteiger partial charge on any atom is 0.472 e. The Morgan fingerprint density at radius 1 is 0.590 bits per heavy atom. The van der Waals surface area contributed by atoms with Crippen LogP contribution in [0.25, 0.3) is 0 Å². The third-order valence-electron chi connectivity index (χ3n) is 8.86. The largest absolute Gasteiger partial charge is 0.472 e. The Balaban J connectivity index is 4.55. The maximum absolute atomic E-state index is 12.7. The molecule has 0 aromatic carbocycles. The summed E-state index contributed by atoms with van der Waals surface area (Å²) in [5.41, 5.74) is 0. The van der Waals surface area contributed by atoms with Gasteiger partial charge in [0.2, 0.25) is 0 Å². The summed E-state index contributed by atoms with van der Waals surface area (Å²) < 4.78 is 34.2. The molecule has 0 spiro atoms. The average Bonchev–Trinajstić information content (AvgIpc) is 3.21. The first-order chi connectivity index (χ1) is 29.4. The number of hydrogen-bond donors (Lipinski definition) is 2. The van der Waals surface area contributed by atoms with E-state index in [0.717, 1.165) is 89.9 Å². The highest BCUT2D eigenvalue weighted by atomic mass is 31.2. The molecular formula is C50H83NO9P+. The molecule has 0 rings (SSSR count). The van der Waals surface area contributed by atoms with Gasteiger partial charge in [0.15, 0.2) is 6.10 Å². The van der Waals surface area contributed by atoms with Crippen molar-refractivity contribution >= 4 is 19.8 Å². The summed E-state index contributed by atoms with van der Waals surface area (Å²) in [5.74, 6) is -0.938. The number of phosphoric acid groups is 1. The number of carbonyl (C=O) groups excluding carboxylic acids is 2. The number of aliphatic hydroxyl groups is 1. The lowest BCUT2D eigenvalue weighted by Crippen LogP contribution is -2.37. The average molecular weight is 873 g/mol. The van der Waals surface area contributed by atoms with Crippen LogP contribution < -0.4 is 0 Å². The molecular weight excluding hydrogens is 790 g/mol. The molecule has 0 heterocycles. The van der Waals surface area contributed by atoms with Gasteiger partial charge in [-0.25, -0.2) is 4.57 Å². The highest BCUT2D eigenvalue weighted by Gasteiger charge is 2.27. The smallest absolute Gasteiger partial charge is 0.462 e. The highest BCUT2D eigenvalue weighted by Crippen LogP contribution is 2.43. The molecule has 0 amide bonds. The van der Waals surface area contributed by atoms with Crippen LogP contribution in [0.3, 0.4) is 0 Å². The van der Waals surface area contributed by atoms with Crippen molar-refractivity contribution in [2.75, 3.05) is 47.5 Å². The third kappa shape index (κ3) is 44.5. The van der Waals surface area contributed by atoms with E-state index in [4.69, 9.17) is 18.5 Å². The first kappa shape index (κ1) is 57.6. The molecule has 0 aromatic rings. The van der Waals surface area contributed by atoms with Gasteiger partial charge in [-0.1, -0.05) is 142 Å². The molecule has 0 aliphatic rings. The number of ether oxygens (including phenoxy) is 2. The molecule has 0 aromatic heterocycles. The van der Waals surface area contributed by atoms with Gasteiger partial charge in [-0.3, -0.25) is 18.6 Å². The first-order valence-electron chi connectivity index (χ1n) is 22.7. The minimum atomic E-state index is -4.42. The van der Waals surface area contributed by atoms with E-state index in [0.29, 0.717) is 30.3 Å². The van der Waals surface area contributed by atoms with Gasteiger partial charge in [-0.15, -0.1) is 0 Å². The number of esters is 2. The second-order valence-electron chi connectivity index (χ2n) is 15.9. The summed E-state index contributed by atoms with van der Waals surface area (Å²) in [5, 5.41) is 9.83. The molecule has 0 radical (unpaired) electrons. The molecule has 0 fully saturated rings. The van der Waals surface area contributed by atoms with Crippen molar-refractivity contribution < 1.29 is 47.2 Å². The van der Waals surface area contributed by atoms with Crippen molar-refractivity contribution in [2.24, 2.45) is 0 Å². The molecule has 61 heavy (non-hydrogen) atoms. The predicted octanol–water partition coefficient (Wildman–Crippen LogP) is 12.1. The third-order valence-corrected chi connectivity index (χ3v) is 9.84. The zero-order valence-electron chi connectivity index (χ0n) is 38.5. The van der Waals surface area contributed by atoms with E-state index in [1.807, 2.05) is 45.4 Å². The zero-order valence-corrected chi connectivity index (χ0v) is 39.4. The van der Waals surface area contributed by atoms with E-state index in [1.54, 1.807) is 0 Å². The van der Waals surface area contributed by atoms with E-state index >= 15 is 0 Å². The zero-order chi connectivity index (χ0) is 45.1. The number of aliphatic hydroxyl groups excluding tert-OH is 1. The van der Waals surface area contributed by atoms with Gasteiger partial charge >= 0.3 is 19.8 Å². The highest BCUT2D eigenvalue weighted by molar-refractivity contribution is 7.47. The fraction of sp³-hybridized carbons (Fsp3) is 0.600. The van der Waals surface area contributed by atoms with Gasteiger partial charge in [0, 0.05) is 12.8 Å². The Kier molecular flexibility index (Phi) is 38.4. The summed E-state index contributed by atoms with van der Waals surface area (Å²) >= 11 is 0. The molecule has 10 nitrogen and oxygen atoms in total. The fourth-order valence-corrected chi connectivity index (χ4v) is 6.03. The van der Waals surface area contributed by atoms with E-state index in [1.165, 1.54) is 0 Å². The second kappa shape index (κ2) is 40.7. The van der Waals surface area contributed by atoms with Crippen LogP contribution in [0, 0.1) is 0 Å². The molecule has 1 unspecified atom stereocenters. The van der Waals surface area contributed by atoms with E-state index < -0.39 is 32.5 Å². The van der Waals surface area contributed by atoms with Crippen LogP contribution in [0.5, 0.6) is 0 Å². The quantitative estimate of drug-likeness (QED) is 0.0204. The molecule has 0 aliphatic heterocycles. The van der Waals surface area contributed by atoms with Crippen molar-refractivity contribution in [2.45, 2.75) is 148 Å². The number of allylic oxidation sites excluding steroid dienone is 17. The Bertz CT molecular complexity index is 1420. The lowest BCUT2D eigenvalue weighted by atomic mass is 10.1. The molecule has 11 heteroatoms. The Morgan fingerprint density at radius 3 is 1.61 bits per heavy atom. The monoisotopic (exact) mass is 873 g/mol. The number of carbonyl (C=O) groups is 2. The van der Waals surface area contributed by atoms with Crippen LogP contribution in [-0.4, -0.2) is 86.1 Å². The number of unbranched alkanes of at least 4 members (excludes halogenated alkanes) is 5. The molecule has 0 saturated heterocycles. The van der Waals surface area contributed by atoms with Crippen LogP contribution in [0.1, 0.15) is 136 Å². The Morgan fingerprint density at radius 2 is 1.08 bits per heavy atom. The van der Waals surface area contributed by atoms with Crippen molar-refractivity contribution in [1.82, 2.24) is 0 Å². The number of likely N-dealkylation sites (N-methyl/N-ethyl adjacent to an activating group) is 1. The fourth-order valence-electron chi connectivity index (χ4n) is 5.28. The molecule has 2 N–H and O–H groups in total. The van der Waals surface area contributed by atoms with E-state index in [2.05, 4.69) is 98.9 Å². The maximum atomic E-state index is 12.7. The van der Waals surface area contributed by atoms with Crippen molar-refractivity contribution in [3.8, 4) is 0 Å². The SMILES string of the molecule is CC/C=C\C/C=C\C/C=C\C/C=C\C/C=C\CCCCCC(=O)OC[C@H](COP(=O)(O)OCC[N+](C)(C)C)OC(=O)CCC/C=C\C/C=C\C/C=C\C/C=C\[C@H](O)CCCC. The van der Waals surface area contributed by atoms with Crippen molar-refractivity contribution in [3.05, 3.63) is 109 Å². The first-order valence-corrected chi connectivity index (χ1v) is 24.2. The topological polar surface area (TPSA) is 129 Å². The van der Waals surface area contributed by atoms with Crippen LogP contribution in [-0.2, 0) is 32.7 Å². The summed E-state index contributed by atoms with van der Waals surface area (Å²) in [6, 6.07) is 0. The van der Waals surface area contributed by atoms with Crippen LogP contribution in [0.2, 0.25) is 0 Å². The van der Waals surface area contributed by atoms with Crippen LogP contribution >= 0.6 is 7.82 Å². The molecule has 3 atom stereocenters. The van der Waals surface area contributed by atoms with Gasteiger partial charge in [0.25, 0.3) is 0 Å². The van der Waals surface area contributed by atoms with E-state index in [-0.39, 0.29) is 32.2 Å². The summed E-state index contributed by atoms with van der Waals surface area (Å²) in [6.07, 6.45) is 52.0. The summed E-state index contributed by atoms with van der Waals surface area (Å²) in [4.78, 5) is 35.4. The minimum Gasteiger partial charge on any atom is -0.462 e. The summed E-state index contributed by atoms with van der Waals surface area (Å²) in [6.45, 7) is 4.00. The van der Waals surface area contributed by atoms with Crippen molar-refractivity contribution in [1.29, 1.82) is 0 Å². The lowest BCUT2D eigenvalue weighted by molar-refractivity contribution is -0.870. The number of hydrogen-bond acceptors (Lipinski definition) is 8. The second-order valence-corrected chi connectivity index (χ2v) is 17.3. The van der Waals surface area contributed by atoms with Gasteiger partial charge < -0.3 is 24.0 Å². The summed E-state index contributed by atoms with van der Waals surface area (Å²) in [7, 11) is 1.37. The number of phosphoric ester groups is 1. The van der Waals surface area contributed by atoms with Gasteiger partial charge in [0.1, 0.15) is 19.8 Å². The van der Waals surface area contributed by atoms with Crippen LogP contribution in [0.15, 0.2) is 109 Å². The normalized spacial score (nSPS) is 15.1. The molecule has 0 bridgehead atoms. The molecule has 0 aliphatic carbocycles. The number of nitrogens with zero attached hydrogens (tertiary/aromatic N) is 1. The minimum absolute atomic E-state index is 0.00171. The van der Waals surface area contributed by atoms with Gasteiger partial charge in [-0.2, -0.15) is 0 Å². The van der Waals surface area contributed by atoms with E-state index in [9.17, 15) is 24.2 Å².